The van der Waals surface area contributed by atoms with E-state index < -0.39 is 0 Å². The lowest BCUT2D eigenvalue weighted by atomic mass is 10.2. The lowest BCUT2D eigenvalue weighted by Gasteiger charge is -2.09. The van der Waals surface area contributed by atoms with Gasteiger partial charge in [-0.1, -0.05) is 18.2 Å². The van der Waals surface area contributed by atoms with Gasteiger partial charge in [0.05, 0.1) is 7.11 Å². The highest BCUT2D eigenvalue weighted by atomic mass is 35.5. The normalized spacial score (nSPS) is 9.43. The Bertz CT molecular complexity index is 588. The number of urea groups is 1. The fraction of sp³-hybridized carbons (Fsp3) is 0.133. The van der Waals surface area contributed by atoms with Crippen LogP contribution in [0.3, 0.4) is 0 Å². The molecule has 0 radical (unpaired) electrons. The number of anilines is 2. The number of ether oxygens (including phenoxy) is 1. The average molecular weight is 308 g/mol. The first-order valence-corrected chi connectivity index (χ1v) is 6.22. The van der Waals surface area contributed by atoms with E-state index in [2.05, 4.69) is 10.6 Å². The Labute approximate surface area is 129 Å². The Balaban J connectivity index is 0.00000220. The second kappa shape index (κ2) is 8.14. The van der Waals surface area contributed by atoms with Crippen LogP contribution in [0.5, 0.6) is 5.75 Å². The second-order valence-electron chi connectivity index (χ2n) is 4.21. The molecule has 0 aliphatic heterocycles. The summed E-state index contributed by atoms with van der Waals surface area (Å²) in [6.07, 6.45) is 0. The third kappa shape index (κ3) is 4.98. The van der Waals surface area contributed by atoms with Crippen LogP contribution >= 0.6 is 12.4 Å². The molecule has 2 aromatic carbocycles. The van der Waals surface area contributed by atoms with Gasteiger partial charge in [-0.15, -0.1) is 12.4 Å². The molecule has 0 atom stereocenters. The van der Waals surface area contributed by atoms with Crippen LogP contribution in [0.15, 0.2) is 48.5 Å². The number of hydrogen-bond acceptors (Lipinski definition) is 3. The van der Waals surface area contributed by atoms with E-state index in [4.69, 9.17) is 10.5 Å². The number of nitrogens with one attached hydrogen (secondary N) is 2. The van der Waals surface area contributed by atoms with Gasteiger partial charge in [-0.3, -0.25) is 0 Å². The quantitative estimate of drug-likeness (QED) is 0.811. The zero-order valence-electron chi connectivity index (χ0n) is 11.6. The fourth-order valence-corrected chi connectivity index (χ4v) is 1.72. The molecule has 0 aliphatic carbocycles. The predicted molar refractivity (Wildman–Crippen MR) is 87.2 cm³/mol. The third-order valence-electron chi connectivity index (χ3n) is 2.78. The van der Waals surface area contributed by atoms with Gasteiger partial charge in [0.2, 0.25) is 0 Å². The number of rotatable bonds is 4. The van der Waals surface area contributed by atoms with Crippen LogP contribution in [0, 0.1) is 0 Å². The van der Waals surface area contributed by atoms with Crippen molar-refractivity contribution in [2.45, 2.75) is 6.54 Å². The Morgan fingerprint density at radius 3 is 2.38 bits per heavy atom. The minimum absolute atomic E-state index is 0. The maximum Gasteiger partial charge on any atom is 0.323 e. The summed E-state index contributed by atoms with van der Waals surface area (Å²) in [7, 11) is 1.58. The summed E-state index contributed by atoms with van der Waals surface area (Å²) in [4.78, 5) is 11.8. The Morgan fingerprint density at radius 1 is 1.10 bits per heavy atom. The summed E-state index contributed by atoms with van der Waals surface area (Å²) in [5, 5.41) is 5.49. The summed E-state index contributed by atoms with van der Waals surface area (Å²) in [6, 6.07) is 14.2. The zero-order chi connectivity index (χ0) is 14.4. The summed E-state index contributed by atoms with van der Waals surface area (Å²) in [6.45, 7) is 0.482. The van der Waals surface area contributed by atoms with Gasteiger partial charge in [0.15, 0.2) is 0 Å². The molecule has 0 aromatic heterocycles. The van der Waals surface area contributed by atoms with Crippen molar-refractivity contribution >= 4 is 29.8 Å². The van der Waals surface area contributed by atoms with Crippen molar-refractivity contribution in [3.8, 4) is 5.75 Å². The van der Waals surface area contributed by atoms with Crippen molar-refractivity contribution in [2.24, 2.45) is 5.73 Å². The monoisotopic (exact) mass is 307 g/mol. The minimum Gasteiger partial charge on any atom is -0.497 e. The number of amides is 2. The van der Waals surface area contributed by atoms with Gasteiger partial charge in [0.25, 0.3) is 0 Å². The van der Waals surface area contributed by atoms with Gasteiger partial charge in [-0.05, 0) is 29.8 Å². The van der Waals surface area contributed by atoms with Crippen molar-refractivity contribution in [2.75, 3.05) is 17.7 Å². The topological polar surface area (TPSA) is 76.4 Å². The maximum absolute atomic E-state index is 11.8. The molecular formula is C15H18ClN3O2. The number of methoxy groups -OCH3 is 1. The van der Waals surface area contributed by atoms with Crippen LogP contribution in [0.1, 0.15) is 5.56 Å². The molecule has 0 saturated heterocycles. The molecule has 0 aliphatic rings. The fourth-order valence-electron chi connectivity index (χ4n) is 1.72. The molecule has 0 bridgehead atoms. The number of halogens is 1. The first-order valence-electron chi connectivity index (χ1n) is 6.22. The Hall–Kier alpha value is -2.24. The van der Waals surface area contributed by atoms with E-state index in [1.54, 1.807) is 19.2 Å². The Morgan fingerprint density at radius 2 is 1.76 bits per heavy atom. The molecule has 4 N–H and O–H groups in total. The van der Waals surface area contributed by atoms with Crippen LogP contribution in [0.4, 0.5) is 16.2 Å². The molecule has 0 unspecified atom stereocenters. The van der Waals surface area contributed by atoms with Gasteiger partial charge >= 0.3 is 6.03 Å². The van der Waals surface area contributed by atoms with Gasteiger partial charge in [-0.2, -0.15) is 0 Å². The summed E-state index contributed by atoms with van der Waals surface area (Å²) >= 11 is 0. The van der Waals surface area contributed by atoms with Crippen molar-refractivity contribution < 1.29 is 9.53 Å². The van der Waals surface area contributed by atoms with Crippen LogP contribution in [-0.4, -0.2) is 13.1 Å². The first-order chi connectivity index (χ1) is 9.71. The lowest BCUT2D eigenvalue weighted by Crippen LogP contribution is -2.19. The average Bonchev–Trinajstić information content (AvgIpc) is 2.48. The molecule has 6 heteroatoms. The van der Waals surface area contributed by atoms with Crippen LogP contribution < -0.4 is 21.1 Å². The van der Waals surface area contributed by atoms with Crippen molar-refractivity contribution in [3.05, 3.63) is 54.1 Å². The second-order valence-corrected chi connectivity index (χ2v) is 4.21. The van der Waals surface area contributed by atoms with Crippen LogP contribution in [-0.2, 0) is 6.54 Å². The molecule has 2 rings (SSSR count). The summed E-state index contributed by atoms with van der Waals surface area (Å²) in [5.41, 5.74) is 7.91. The van der Waals surface area contributed by atoms with E-state index in [1.807, 2.05) is 36.4 Å². The van der Waals surface area contributed by atoms with Crippen molar-refractivity contribution in [1.82, 2.24) is 0 Å². The zero-order valence-corrected chi connectivity index (χ0v) is 12.4. The largest absolute Gasteiger partial charge is 0.497 e. The molecule has 5 nitrogen and oxygen atoms in total. The van der Waals surface area contributed by atoms with Crippen LogP contribution in [0.2, 0.25) is 0 Å². The molecule has 2 amide bonds. The van der Waals surface area contributed by atoms with Gasteiger partial charge in [0.1, 0.15) is 5.75 Å². The number of hydrogen-bond donors (Lipinski definition) is 3. The van der Waals surface area contributed by atoms with Gasteiger partial charge in [-0.25, -0.2) is 4.79 Å². The van der Waals surface area contributed by atoms with E-state index in [0.29, 0.717) is 23.7 Å². The smallest absolute Gasteiger partial charge is 0.323 e. The third-order valence-corrected chi connectivity index (χ3v) is 2.78. The molecule has 0 saturated carbocycles. The molecule has 0 fully saturated rings. The van der Waals surface area contributed by atoms with Crippen molar-refractivity contribution in [1.29, 1.82) is 0 Å². The highest BCUT2D eigenvalue weighted by Gasteiger charge is 2.03. The van der Waals surface area contributed by atoms with E-state index in [-0.39, 0.29) is 18.4 Å². The molecule has 0 heterocycles. The summed E-state index contributed by atoms with van der Waals surface area (Å²) < 4.78 is 5.10. The highest BCUT2D eigenvalue weighted by Crippen LogP contribution is 2.17. The maximum atomic E-state index is 11.8. The van der Waals surface area contributed by atoms with E-state index >= 15 is 0 Å². The first kappa shape index (κ1) is 16.8. The number of nitrogens with two attached hydrogens (primary N) is 1. The SMILES string of the molecule is COc1cccc(NC(=O)Nc2ccc(CN)cc2)c1.Cl. The van der Waals surface area contributed by atoms with Crippen LogP contribution in [0.25, 0.3) is 0 Å². The van der Waals surface area contributed by atoms with Gasteiger partial charge < -0.3 is 21.1 Å². The Kier molecular flexibility index (Phi) is 6.52. The number of carbonyl (C=O) groups is 1. The molecular weight excluding hydrogens is 290 g/mol. The number of benzene rings is 2. The van der Waals surface area contributed by atoms with E-state index in [0.717, 1.165) is 5.56 Å². The van der Waals surface area contributed by atoms with E-state index in [1.165, 1.54) is 0 Å². The summed E-state index contributed by atoms with van der Waals surface area (Å²) in [5.74, 6) is 0.690. The van der Waals surface area contributed by atoms with E-state index in [9.17, 15) is 4.79 Å². The van der Waals surface area contributed by atoms with Gasteiger partial charge in [0, 0.05) is 24.0 Å². The minimum atomic E-state index is -0.307. The standard InChI is InChI=1S/C15H17N3O2.ClH/c1-20-14-4-2-3-13(9-14)18-15(19)17-12-7-5-11(10-16)6-8-12;/h2-9H,10,16H2,1H3,(H2,17,18,19);1H. The molecule has 112 valence electrons. The highest BCUT2D eigenvalue weighted by molar-refractivity contribution is 5.99. The lowest BCUT2D eigenvalue weighted by molar-refractivity contribution is 0.262. The molecule has 2 aromatic rings. The molecule has 21 heavy (non-hydrogen) atoms. The molecule has 0 spiro atoms. The predicted octanol–water partition coefficient (Wildman–Crippen LogP) is 3.22. The van der Waals surface area contributed by atoms with Crippen molar-refractivity contribution in [3.63, 3.8) is 0 Å². The number of carbonyl (C=O) groups excluding carboxylic acids is 1.